The van der Waals surface area contributed by atoms with E-state index in [0.29, 0.717) is 31.6 Å². The molecule has 1 N–H and O–H groups in total. The number of ether oxygens (including phenoxy) is 1. The Morgan fingerprint density at radius 3 is 2.50 bits per heavy atom. The van der Waals surface area contributed by atoms with Gasteiger partial charge in [-0.2, -0.15) is 13.2 Å². The number of aromatic nitrogens is 1. The Hall–Kier alpha value is -1.99. The smallest absolute Gasteiger partial charge is 0.433 e. The van der Waals surface area contributed by atoms with Gasteiger partial charge in [0.25, 0.3) is 0 Å². The number of alkyl halides is 3. The lowest BCUT2D eigenvalue weighted by atomic mass is 10.1. The standard InChI is InChI=1S/C14H18F3N3O2/c1-9(21)22-10-5-7-20(8-6-10)13-11(18-2)3-4-12(19-13)14(15,16)17/h3-4,10,18H,5-8H2,1-2H3. The molecule has 1 fully saturated rings. The second kappa shape index (κ2) is 6.41. The van der Waals surface area contributed by atoms with Crippen LogP contribution in [0.25, 0.3) is 0 Å². The second-order valence-corrected chi connectivity index (χ2v) is 5.11. The predicted molar refractivity (Wildman–Crippen MR) is 75.8 cm³/mol. The number of halogens is 3. The predicted octanol–water partition coefficient (Wildman–Crippen LogP) is 2.67. The first-order chi connectivity index (χ1) is 10.3. The van der Waals surface area contributed by atoms with Crippen LogP contribution in [0, 0.1) is 0 Å². The maximum atomic E-state index is 12.8. The molecule has 22 heavy (non-hydrogen) atoms. The number of carbonyl (C=O) groups is 1. The number of carbonyl (C=O) groups excluding carboxylic acids is 1. The van der Waals surface area contributed by atoms with Crippen molar-refractivity contribution in [1.29, 1.82) is 0 Å². The molecule has 1 aliphatic rings. The molecule has 0 bridgehead atoms. The summed E-state index contributed by atoms with van der Waals surface area (Å²) in [5.41, 5.74) is -0.373. The molecule has 0 aromatic carbocycles. The lowest BCUT2D eigenvalue weighted by Crippen LogP contribution is -2.38. The summed E-state index contributed by atoms with van der Waals surface area (Å²) in [6.45, 7) is 2.32. The van der Waals surface area contributed by atoms with Gasteiger partial charge in [0.2, 0.25) is 0 Å². The average Bonchev–Trinajstić information content (AvgIpc) is 2.46. The van der Waals surface area contributed by atoms with E-state index >= 15 is 0 Å². The molecule has 0 saturated carbocycles. The molecule has 0 radical (unpaired) electrons. The fourth-order valence-corrected chi connectivity index (χ4v) is 2.46. The van der Waals surface area contributed by atoms with Gasteiger partial charge in [0, 0.05) is 39.9 Å². The Bertz CT molecular complexity index is 541. The van der Waals surface area contributed by atoms with Crippen LogP contribution in [0.2, 0.25) is 0 Å². The summed E-state index contributed by atoms with van der Waals surface area (Å²) in [7, 11) is 1.64. The normalized spacial score (nSPS) is 16.5. The maximum Gasteiger partial charge on any atom is 0.433 e. The fraction of sp³-hybridized carbons (Fsp3) is 0.571. The molecule has 2 heterocycles. The largest absolute Gasteiger partial charge is 0.462 e. The Morgan fingerprint density at radius 1 is 1.36 bits per heavy atom. The van der Waals surface area contributed by atoms with E-state index < -0.39 is 11.9 Å². The molecular formula is C14H18F3N3O2. The number of hydrogen-bond donors (Lipinski definition) is 1. The Balaban J connectivity index is 2.16. The van der Waals surface area contributed by atoms with Gasteiger partial charge in [0.15, 0.2) is 5.82 Å². The van der Waals surface area contributed by atoms with Crippen molar-refractivity contribution in [3.8, 4) is 0 Å². The van der Waals surface area contributed by atoms with Crippen LogP contribution in [0.3, 0.4) is 0 Å². The molecule has 0 spiro atoms. The highest BCUT2D eigenvalue weighted by Gasteiger charge is 2.34. The molecule has 0 unspecified atom stereocenters. The molecule has 5 nitrogen and oxygen atoms in total. The van der Waals surface area contributed by atoms with E-state index in [9.17, 15) is 18.0 Å². The van der Waals surface area contributed by atoms with Gasteiger partial charge in [-0.3, -0.25) is 4.79 Å². The molecule has 0 aliphatic carbocycles. The Labute approximate surface area is 126 Å². The second-order valence-electron chi connectivity index (χ2n) is 5.11. The lowest BCUT2D eigenvalue weighted by molar-refractivity contribution is -0.147. The van der Waals surface area contributed by atoms with Gasteiger partial charge in [-0.25, -0.2) is 4.98 Å². The maximum absolute atomic E-state index is 12.8. The Morgan fingerprint density at radius 2 is 2.00 bits per heavy atom. The zero-order chi connectivity index (χ0) is 16.3. The number of nitrogens with one attached hydrogen (secondary N) is 1. The number of esters is 1. The molecule has 1 aromatic rings. The topological polar surface area (TPSA) is 54.5 Å². The zero-order valence-corrected chi connectivity index (χ0v) is 12.4. The van der Waals surface area contributed by atoms with Crippen molar-refractivity contribution in [2.24, 2.45) is 0 Å². The quantitative estimate of drug-likeness (QED) is 0.869. The van der Waals surface area contributed by atoms with Gasteiger partial charge in [0.05, 0.1) is 5.69 Å². The zero-order valence-electron chi connectivity index (χ0n) is 12.4. The molecule has 1 saturated heterocycles. The minimum Gasteiger partial charge on any atom is -0.462 e. The summed E-state index contributed by atoms with van der Waals surface area (Å²) in [6.07, 6.45) is -3.52. The van der Waals surface area contributed by atoms with E-state index in [1.807, 2.05) is 0 Å². The minimum absolute atomic E-state index is 0.183. The van der Waals surface area contributed by atoms with Gasteiger partial charge < -0.3 is 15.0 Å². The van der Waals surface area contributed by atoms with Crippen LogP contribution in [0.1, 0.15) is 25.5 Å². The van der Waals surface area contributed by atoms with Gasteiger partial charge in [-0.1, -0.05) is 0 Å². The van der Waals surface area contributed by atoms with Crippen LogP contribution >= 0.6 is 0 Å². The van der Waals surface area contributed by atoms with Crippen LogP contribution in [0.5, 0.6) is 0 Å². The number of hydrogen-bond acceptors (Lipinski definition) is 5. The number of rotatable bonds is 3. The van der Waals surface area contributed by atoms with Crippen molar-refractivity contribution >= 4 is 17.5 Å². The number of anilines is 2. The van der Waals surface area contributed by atoms with Gasteiger partial charge in [-0.15, -0.1) is 0 Å². The van der Waals surface area contributed by atoms with Gasteiger partial charge in [0.1, 0.15) is 11.8 Å². The monoisotopic (exact) mass is 317 g/mol. The molecule has 1 aliphatic heterocycles. The highest BCUT2D eigenvalue weighted by atomic mass is 19.4. The fourth-order valence-electron chi connectivity index (χ4n) is 2.46. The molecule has 122 valence electrons. The van der Waals surface area contributed by atoms with Crippen molar-refractivity contribution in [3.05, 3.63) is 17.8 Å². The highest BCUT2D eigenvalue weighted by molar-refractivity contribution is 5.67. The molecule has 0 amide bonds. The van der Waals surface area contributed by atoms with Gasteiger partial charge in [-0.05, 0) is 12.1 Å². The summed E-state index contributed by atoms with van der Waals surface area (Å²) in [5.74, 6) is -0.0647. The molecule has 8 heteroatoms. The Kier molecular flexibility index (Phi) is 4.77. The number of nitrogens with zero attached hydrogens (tertiary/aromatic N) is 2. The molecule has 2 rings (SSSR count). The summed E-state index contributed by atoms with van der Waals surface area (Å²) in [4.78, 5) is 16.5. The van der Waals surface area contributed by atoms with Gasteiger partial charge >= 0.3 is 12.1 Å². The van der Waals surface area contributed by atoms with Crippen LogP contribution in [0.4, 0.5) is 24.7 Å². The van der Waals surface area contributed by atoms with E-state index in [-0.39, 0.29) is 17.9 Å². The van der Waals surface area contributed by atoms with E-state index in [4.69, 9.17) is 4.74 Å². The van der Waals surface area contributed by atoms with E-state index in [0.717, 1.165) is 6.07 Å². The van der Waals surface area contributed by atoms with Crippen molar-refractivity contribution in [2.75, 3.05) is 30.4 Å². The van der Waals surface area contributed by atoms with Crippen molar-refractivity contribution in [3.63, 3.8) is 0 Å². The minimum atomic E-state index is -4.48. The van der Waals surface area contributed by atoms with Crippen LogP contribution < -0.4 is 10.2 Å². The number of piperidine rings is 1. The van der Waals surface area contributed by atoms with Crippen LogP contribution in [-0.4, -0.2) is 37.2 Å². The first-order valence-corrected chi connectivity index (χ1v) is 6.99. The van der Waals surface area contributed by atoms with E-state index in [2.05, 4.69) is 10.3 Å². The third-order valence-corrected chi connectivity index (χ3v) is 3.51. The van der Waals surface area contributed by atoms with E-state index in [1.54, 1.807) is 11.9 Å². The summed E-state index contributed by atoms with van der Waals surface area (Å²) in [6, 6.07) is 2.34. The first kappa shape index (κ1) is 16.4. The number of pyridine rings is 1. The van der Waals surface area contributed by atoms with Crippen LogP contribution in [0.15, 0.2) is 12.1 Å². The van der Waals surface area contributed by atoms with Crippen molar-refractivity contribution in [1.82, 2.24) is 4.98 Å². The molecule has 1 aromatic heterocycles. The molecule has 0 atom stereocenters. The third kappa shape index (κ3) is 3.80. The molecular weight excluding hydrogens is 299 g/mol. The summed E-state index contributed by atoms with van der Waals surface area (Å²) in [5, 5.41) is 2.86. The van der Waals surface area contributed by atoms with Crippen molar-refractivity contribution in [2.45, 2.75) is 32.0 Å². The van der Waals surface area contributed by atoms with E-state index in [1.165, 1.54) is 13.0 Å². The SMILES string of the molecule is CNc1ccc(C(F)(F)F)nc1N1CCC(OC(C)=O)CC1. The lowest BCUT2D eigenvalue weighted by Gasteiger charge is -2.33. The third-order valence-electron chi connectivity index (χ3n) is 3.51. The summed E-state index contributed by atoms with van der Waals surface area (Å²) >= 11 is 0. The highest BCUT2D eigenvalue weighted by Crippen LogP contribution is 2.33. The first-order valence-electron chi connectivity index (χ1n) is 6.99. The van der Waals surface area contributed by atoms with Crippen molar-refractivity contribution < 1.29 is 22.7 Å². The summed E-state index contributed by atoms with van der Waals surface area (Å²) < 4.78 is 43.6. The average molecular weight is 317 g/mol. The van der Waals surface area contributed by atoms with Crippen LogP contribution in [-0.2, 0) is 15.7 Å².